The van der Waals surface area contributed by atoms with Crippen LogP contribution in [0.4, 0.5) is 0 Å². The van der Waals surface area contributed by atoms with Gasteiger partial charge in [0, 0.05) is 18.5 Å². The third kappa shape index (κ3) is 3.50. The van der Waals surface area contributed by atoms with Crippen LogP contribution in [0.1, 0.15) is 39.0 Å². The van der Waals surface area contributed by atoms with Crippen LogP contribution in [0.5, 0.6) is 0 Å². The number of hydrogen-bond acceptors (Lipinski definition) is 2. The number of hydrogen-bond donors (Lipinski definition) is 2. The molecule has 1 rings (SSSR count). The predicted octanol–water partition coefficient (Wildman–Crippen LogP) is 1.34. The molecule has 0 radical (unpaired) electrons. The second-order valence-electron chi connectivity index (χ2n) is 4.10. The standard InChI is InChI=1S/C11H20N2O/c1-2-3-4-8-13-10(14)9-11(12)6-5-7-11/h2-3H,4-9,12H2,1H3,(H,13,14)/b3-2+. The van der Waals surface area contributed by atoms with E-state index >= 15 is 0 Å². The Morgan fingerprint density at radius 3 is 2.79 bits per heavy atom. The van der Waals surface area contributed by atoms with Gasteiger partial charge >= 0.3 is 0 Å². The van der Waals surface area contributed by atoms with Crippen LogP contribution >= 0.6 is 0 Å². The molecule has 0 spiro atoms. The minimum Gasteiger partial charge on any atom is -0.356 e. The highest BCUT2D eigenvalue weighted by Gasteiger charge is 2.34. The molecule has 0 saturated heterocycles. The van der Waals surface area contributed by atoms with Crippen LogP contribution in [0.3, 0.4) is 0 Å². The van der Waals surface area contributed by atoms with E-state index in [0.29, 0.717) is 6.42 Å². The fraction of sp³-hybridized carbons (Fsp3) is 0.727. The molecule has 0 aromatic heterocycles. The SMILES string of the molecule is C/C=C/CCNC(=O)CC1(N)CCC1. The summed E-state index contributed by atoms with van der Waals surface area (Å²) in [5.74, 6) is 0.0942. The summed E-state index contributed by atoms with van der Waals surface area (Å²) in [4.78, 5) is 11.4. The van der Waals surface area contributed by atoms with Gasteiger partial charge in [0.05, 0.1) is 0 Å². The molecule has 0 bridgehead atoms. The van der Waals surface area contributed by atoms with Crippen LogP contribution in [0, 0.1) is 0 Å². The molecule has 1 amide bonds. The molecular weight excluding hydrogens is 176 g/mol. The summed E-state index contributed by atoms with van der Waals surface area (Å²) < 4.78 is 0. The number of allylic oxidation sites excluding steroid dienone is 1. The van der Waals surface area contributed by atoms with E-state index in [-0.39, 0.29) is 11.4 Å². The van der Waals surface area contributed by atoms with Crippen molar-refractivity contribution in [2.45, 2.75) is 44.6 Å². The van der Waals surface area contributed by atoms with E-state index < -0.39 is 0 Å². The van der Waals surface area contributed by atoms with Crippen molar-refractivity contribution < 1.29 is 4.79 Å². The van der Waals surface area contributed by atoms with Crippen molar-refractivity contribution in [3.8, 4) is 0 Å². The summed E-state index contributed by atoms with van der Waals surface area (Å²) in [6, 6.07) is 0. The summed E-state index contributed by atoms with van der Waals surface area (Å²) in [7, 11) is 0. The lowest BCUT2D eigenvalue weighted by molar-refractivity contribution is -0.122. The molecule has 0 atom stereocenters. The molecule has 3 N–H and O–H groups in total. The first-order chi connectivity index (χ1) is 6.66. The summed E-state index contributed by atoms with van der Waals surface area (Å²) in [6.07, 6.45) is 8.58. The van der Waals surface area contributed by atoms with E-state index in [1.54, 1.807) is 0 Å². The van der Waals surface area contributed by atoms with Gasteiger partial charge in [-0.05, 0) is 32.6 Å². The first-order valence-corrected chi connectivity index (χ1v) is 5.33. The molecule has 0 aromatic rings. The average molecular weight is 196 g/mol. The maximum Gasteiger partial charge on any atom is 0.221 e. The molecule has 3 heteroatoms. The average Bonchev–Trinajstić information content (AvgIpc) is 2.10. The molecule has 14 heavy (non-hydrogen) atoms. The van der Waals surface area contributed by atoms with Crippen LogP contribution in [0.15, 0.2) is 12.2 Å². The molecule has 0 heterocycles. The number of amides is 1. The van der Waals surface area contributed by atoms with Crippen molar-refractivity contribution in [2.75, 3.05) is 6.54 Å². The quantitative estimate of drug-likeness (QED) is 0.515. The molecule has 1 saturated carbocycles. The van der Waals surface area contributed by atoms with E-state index in [1.807, 2.05) is 19.1 Å². The first kappa shape index (κ1) is 11.2. The van der Waals surface area contributed by atoms with E-state index in [1.165, 1.54) is 6.42 Å². The highest BCUT2D eigenvalue weighted by molar-refractivity contribution is 5.77. The van der Waals surface area contributed by atoms with Gasteiger partial charge in [-0.3, -0.25) is 4.79 Å². The van der Waals surface area contributed by atoms with Gasteiger partial charge in [0.2, 0.25) is 5.91 Å². The van der Waals surface area contributed by atoms with E-state index in [4.69, 9.17) is 5.73 Å². The Hall–Kier alpha value is -0.830. The third-order valence-electron chi connectivity index (χ3n) is 2.73. The summed E-state index contributed by atoms with van der Waals surface area (Å²) >= 11 is 0. The Kier molecular flexibility index (Phi) is 4.14. The second-order valence-corrected chi connectivity index (χ2v) is 4.10. The van der Waals surface area contributed by atoms with Gasteiger partial charge in [-0.15, -0.1) is 0 Å². The Bertz CT molecular complexity index is 219. The first-order valence-electron chi connectivity index (χ1n) is 5.33. The van der Waals surface area contributed by atoms with Crippen LogP contribution < -0.4 is 11.1 Å². The van der Waals surface area contributed by atoms with Gasteiger partial charge in [0.15, 0.2) is 0 Å². The van der Waals surface area contributed by atoms with Crippen molar-refractivity contribution in [3.63, 3.8) is 0 Å². The molecule has 0 aliphatic heterocycles. The normalized spacial score (nSPS) is 19.3. The van der Waals surface area contributed by atoms with E-state index in [0.717, 1.165) is 25.8 Å². The lowest BCUT2D eigenvalue weighted by Crippen LogP contribution is -2.50. The van der Waals surface area contributed by atoms with Crippen LogP contribution in [-0.4, -0.2) is 18.0 Å². The van der Waals surface area contributed by atoms with Crippen molar-refractivity contribution in [3.05, 3.63) is 12.2 Å². The Labute approximate surface area is 85.7 Å². The maximum absolute atomic E-state index is 11.4. The van der Waals surface area contributed by atoms with Gasteiger partial charge in [-0.2, -0.15) is 0 Å². The Morgan fingerprint density at radius 2 is 2.29 bits per heavy atom. The van der Waals surface area contributed by atoms with Crippen LogP contribution in [0.2, 0.25) is 0 Å². The van der Waals surface area contributed by atoms with Crippen LogP contribution in [0.25, 0.3) is 0 Å². The molecule has 80 valence electrons. The van der Waals surface area contributed by atoms with E-state index in [9.17, 15) is 4.79 Å². The number of nitrogens with one attached hydrogen (secondary N) is 1. The number of nitrogens with two attached hydrogens (primary N) is 1. The summed E-state index contributed by atoms with van der Waals surface area (Å²) in [6.45, 7) is 2.70. The molecule has 0 aromatic carbocycles. The van der Waals surface area contributed by atoms with Gasteiger partial charge in [-0.25, -0.2) is 0 Å². The molecule has 1 fully saturated rings. The number of carbonyl (C=O) groups is 1. The number of rotatable bonds is 5. The van der Waals surface area contributed by atoms with Crippen molar-refractivity contribution in [2.24, 2.45) is 5.73 Å². The monoisotopic (exact) mass is 196 g/mol. The zero-order valence-electron chi connectivity index (χ0n) is 8.88. The topological polar surface area (TPSA) is 55.1 Å². The molecule has 1 aliphatic carbocycles. The van der Waals surface area contributed by atoms with Gasteiger partial charge in [-0.1, -0.05) is 12.2 Å². The van der Waals surface area contributed by atoms with E-state index in [2.05, 4.69) is 5.32 Å². The van der Waals surface area contributed by atoms with Gasteiger partial charge < -0.3 is 11.1 Å². The highest BCUT2D eigenvalue weighted by Crippen LogP contribution is 2.31. The Balaban J connectivity index is 2.09. The number of carbonyl (C=O) groups excluding carboxylic acids is 1. The largest absolute Gasteiger partial charge is 0.356 e. The van der Waals surface area contributed by atoms with Crippen molar-refractivity contribution in [1.29, 1.82) is 0 Å². The molecule has 3 nitrogen and oxygen atoms in total. The van der Waals surface area contributed by atoms with Crippen LogP contribution in [-0.2, 0) is 4.79 Å². The molecule has 1 aliphatic rings. The lowest BCUT2D eigenvalue weighted by atomic mass is 9.75. The summed E-state index contributed by atoms with van der Waals surface area (Å²) in [5, 5.41) is 2.87. The third-order valence-corrected chi connectivity index (χ3v) is 2.73. The summed E-state index contributed by atoms with van der Waals surface area (Å²) in [5.41, 5.74) is 5.77. The minimum atomic E-state index is -0.190. The maximum atomic E-state index is 11.4. The minimum absolute atomic E-state index is 0.0942. The highest BCUT2D eigenvalue weighted by atomic mass is 16.1. The lowest BCUT2D eigenvalue weighted by Gasteiger charge is -2.37. The Morgan fingerprint density at radius 1 is 1.57 bits per heavy atom. The molecule has 0 unspecified atom stereocenters. The molecular formula is C11H20N2O. The fourth-order valence-corrected chi connectivity index (χ4v) is 1.65. The fourth-order valence-electron chi connectivity index (χ4n) is 1.65. The van der Waals surface area contributed by atoms with Gasteiger partial charge in [0.25, 0.3) is 0 Å². The van der Waals surface area contributed by atoms with Gasteiger partial charge in [0.1, 0.15) is 0 Å². The zero-order valence-corrected chi connectivity index (χ0v) is 8.88. The smallest absolute Gasteiger partial charge is 0.221 e. The zero-order chi connectivity index (χ0) is 10.4. The second kappa shape index (κ2) is 5.15. The van der Waals surface area contributed by atoms with Crippen molar-refractivity contribution >= 4 is 5.91 Å². The van der Waals surface area contributed by atoms with Crippen molar-refractivity contribution in [1.82, 2.24) is 5.32 Å². The predicted molar refractivity (Wildman–Crippen MR) is 57.8 cm³/mol.